The van der Waals surface area contributed by atoms with Gasteiger partial charge >= 0.3 is 0 Å². The Labute approximate surface area is 171 Å². The fraction of sp³-hybridized carbons (Fsp3) is 0.292. The zero-order valence-corrected chi connectivity index (χ0v) is 17.4. The molecule has 0 saturated carbocycles. The van der Waals surface area contributed by atoms with Crippen LogP contribution in [0.3, 0.4) is 0 Å². The maximum atomic E-state index is 12.7. The van der Waals surface area contributed by atoms with Crippen molar-refractivity contribution in [1.29, 1.82) is 0 Å². The van der Waals surface area contributed by atoms with E-state index in [-0.39, 0.29) is 5.91 Å². The van der Waals surface area contributed by atoms with Crippen LogP contribution in [0.1, 0.15) is 34.5 Å². The maximum Gasteiger partial charge on any atom is 0.222 e. The van der Waals surface area contributed by atoms with E-state index in [1.807, 2.05) is 54.9 Å². The summed E-state index contributed by atoms with van der Waals surface area (Å²) in [5, 5.41) is 5.76. The first-order valence-corrected chi connectivity index (χ1v) is 9.97. The molecule has 29 heavy (non-hydrogen) atoms. The third-order valence-electron chi connectivity index (χ3n) is 5.70. The van der Waals surface area contributed by atoms with Crippen molar-refractivity contribution in [2.75, 3.05) is 7.05 Å². The second kappa shape index (κ2) is 7.66. The van der Waals surface area contributed by atoms with Crippen LogP contribution in [0.5, 0.6) is 0 Å². The SMILES string of the molecule is Cc1ccccc1CN(C)C(=O)CCc1c(C)nc2c3ccccc3nn2c1C. The molecule has 0 atom stereocenters. The summed E-state index contributed by atoms with van der Waals surface area (Å²) in [7, 11) is 1.87. The second-order valence-electron chi connectivity index (χ2n) is 7.69. The Morgan fingerprint density at radius 2 is 1.76 bits per heavy atom. The minimum atomic E-state index is 0.137. The summed E-state index contributed by atoms with van der Waals surface area (Å²) in [5.74, 6) is 0.137. The van der Waals surface area contributed by atoms with E-state index in [9.17, 15) is 4.79 Å². The number of carbonyl (C=O) groups is 1. The van der Waals surface area contributed by atoms with Crippen molar-refractivity contribution in [2.45, 2.75) is 40.2 Å². The maximum absolute atomic E-state index is 12.7. The molecule has 0 spiro atoms. The average Bonchev–Trinajstić information content (AvgIpc) is 3.08. The van der Waals surface area contributed by atoms with Crippen molar-refractivity contribution in [3.8, 4) is 0 Å². The molecule has 2 aromatic carbocycles. The molecule has 4 rings (SSSR count). The van der Waals surface area contributed by atoms with Gasteiger partial charge in [0.15, 0.2) is 5.65 Å². The smallest absolute Gasteiger partial charge is 0.222 e. The summed E-state index contributed by atoms with van der Waals surface area (Å²) in [6.45, 7) is 6.79. The van der Waals surface area contributed by atoms with Gasteiger partial charge in [0.2, 0.25) is 5.91 Å². The summed E-state index contributed by atoms with van der Waals surface area (Å²) in [6.07, 6.45) is 1.12. The molecule has 4 aromatic rings. The monoisotopic (exact) mass is 386 g/mol. The summed E-state index contributed by atoms with van der Waals surface area (Å²) in [5.41, 5.74) is 7.33. The first kappa shape index (κ1) is 19.1. The van der Waals surface area contributed by atoms with E-state index < -0.39 is 0 Å². The molecule has 5 nitrogen and oxygen atoms in total. The van der Waals surface area contributed by atoms with Crippen molar-refractivity contribution in [3.63, 3.8) is 0 Å². The van der Waals surface area contributed by atoms with Crippen LogP contribution in [0.25, 0.3) is 16.6 Å². The molecule has 0 fully saturated rings. The molecule has 0 radical (unpaired) electrons. The lowest BCUT2D eigenvalue weighted by atomic mass is 10.1. The van der Waals surface area contributed by atoms with Gasteiger partial charge < -0.3 is 4.90 Å². The van der Waals surface area contributed by atoms with Crippen molar-refractivity contribution in [1.82, 2.24) is 19.5 Å². The molecule has 0 aliphatic rings. The highest BCUT2D eigenvalue weighted by Gasteiger charge is 2.16. The van der Waals surface area contributed by atoms with Crippen LogP contribution < -0.4 is 0 Å². The van der Waals surface area contributed by atoms with Gasteiger partial charge in [-0.1, -0.05) is 36.4 Å². The van der Waals surface area contributed by atoms with Crippen LogP contribution in [0.2, 0.25) is 0 Å². The molecule has 0 N–H and O–H groups in total. The fourth-order valence-corrected chi connectivity index (χ4v) is 3.89. The highest BCUT2D eigenvalue weighted by molar-refractivity contribution is 5.92. The topological polar surface area (TPSA) is 50.5 Å². The molecule has 2 aromatic heterocycles. The van der Waals surface area contributed by atoms with Gasteiger partial charge in [-0.25, -0.2) is 9.50 Å². The van der Waals surface area contributed by atoms with E-state index in [0.717, 1.165) is 33.5 Å². The third kappa shape index (κ3) is 3.60. The lowest BCUT2D eigenvalue weighted by Gasteiger charge is -2.19. The molecule has 2 heterocycles. The van der Waals surface area contributed by atoms with E-state index in [1.54, 1.807) is 4.90 Å². The highest BCUT2D eigenvalue weighted by Crippen LogP contribution is 2.23. The van der Waals surface area contributed by atoms with Gasteiger partial charge in [-0.2, -0.15) is 5.10 Å². The van der Waals surface area contributed by atoms with Crippen LogP contribution in [0, 0.1) is 20.8 Å². The number of rotatable bonds is 5. The molecule has 0 aliphatic carbocycles. The first-order valence-electron chi connectivity index (χ1n) is 9.97. The Hall–Kier alpha value is -3.21. The van der Waals surface area contributed by atoms with Crippen molar-refractivity contribution < 1.29 is 4.79 Å². The van der Waals surface area contributed by atoms with Crippen molar-refractivity contribution in [3.05, 3.63) is 76.6 Å². The van der Waals surface area contributed by atoms with E-state index >= 15 is 0 Å². The van der Waals surface area contributed by atoms with E-state index in [4.69, 9.17) is 10.1 Å². The Morgan fingerprint density at radius 3 is 2.55 bits per heavy atom. The number of nitrogens with zero attached hydrogens (tertiary/aromatic N) is 4. The number of benzene rings is 2. The van der Waals surface area contributed by atoms with Crippen LogP contribution in [0.15, 0.2) is 48.5 Å². The number of carbonyl (C=O) groups excluding carboxylic acids is 1. The molecule has 0 bridgehead atoms. The largest absolute Gasteiger partial charge is 0.341 e. The van der Waals surface area contributed by atoms with Crippen LogP contribution in [-0.4, -0.2) is 32.5 Å². The van der Waals surface area contributed by atoms with Crippen LogP contribution >= 0.6 is 0 Å². The van der Waals surface area contributed by atoms with E-state index in [2.05, 4.69) is 26.0 Å². The second-order valence-corrected chi connectivity index (χ2v) is 7.69. The number of hydrogen-bond acceptors (Lipinski definition) is 3. The minimum Gasteiger partial charge on any atom is -0.341 e. The van der Waals surface area contributed by atoms with Gasteiger partial charge in [0.25, 0.3) is 0 Å². The first-order chi connectivity index (χ1) is 14.0. The number of fused-ring (bicyclic) bond motifs is 3. The molecule has 0 aliphatic heterocycles. The summed E-state index contributed by atoms with van der Waals surface area (Å²) in [4.78, 5) is 19.4. The van der Waals surface area contributed by atoms with E-state index in [1.165, 1.54) is 11.1 Å². The lowest BCUT2D eigenvalue weighted by Crippen LogP contribution is -2.27. The Morgan fingerprint density at radius 1 is 1.03 bits per heavy atom. The van der Waals surface area contributed by atoms with Crippen molar-refractivity contribution in [2.24, 2.45) is 0 Å². The van der Waals surface area contributed by atoms with Gasteiger partial charge in [-0.05, 0) is 56.0 Å². The summed E-state index contributed by atoms with van der Waals surface area (Å²) >= 11 is 0. The highest BCUT2D eigenvalue weighted by atomic mass is 16.2. The van der Waals surface area contributed by atoms with Gasteiger partial charge in [-0.15, -0.1) is 0 Å². The van der Waals surface area contributed by atoms with Gasteiger partial charge in [0.05, 0.1) is 5.52 Å². The number of hydrogen-bond donors (Lipinski definition) is 0. The molecule has 0 unspecified atom stereocenters. The fourth-order valence-electron chi connectivity index (χ4n) is 3.89. The van der Waals surface area contributed by atoms with Crippen LogP contribution in [-0.2, 0) is 17.8 Å². The van der Waals surface area contributed by atoms with E-state index in [0.29, 0.717) is 19.4 Å². The minimum absolute atomic E-state index is 0.137. The predicted octanol–water partition coefficient (Wildman–Crippen LogP) is 4.40. The quantitative estimate of drug-likeness (QED) is 0.511. The summed E-state index contributed by atoms with van der Waals surface area (Å²) < 4.78 is 1.91. The normalized spacial score (nSPS) is 11.3. The molecule has 5 heteroatoms. The molecule has 1 amide bonds. The Kier molecular flexibility index (Phi) is 5.05. The van der Waals surface area contributed by atoms with Crippen LogP contribution in [0.4, 0.5) is 0 Å². The number of aromatic nitrogens is 3. The molecule has 148 valence electrons. The molecular weight excluding hydrogens is 360 g/mol. The molecular formula is C24H26N4O. The van der Waals surface area contributed by atoms with Gasteiger partial charge in [0.1, 0.15) is 0 Å². The Bertz CT molecular complexity index is 1210. The zero-order valence-electron chi connectivity index (χ0n) is 17.4. The molecule has 0 saturated heterocycles. The standard InChI is InChI=1S/C24H26N4O/c1-16-9-5-6-10-19(16)15-27(4)23(29)14-13-20-17(2)25-24-21-11-7-8-12-22(21)26-28(24)18(20)3/h5-12H,13-15H2,1-4H3. The number of amides is 1. The lowest BCUT2D eigenvalue weighted by molar-refractivity contribution is -0.130. The predicted molar refractivity (Wildman–Crippen MR) is 116 cm³/mol. The van der Waals surface area contributed by atoms with Gasteiger partial charge in [-0.3, -0.25) is 4.79 Å². The van der Waals surface area contributed by atoms with Gasteiger partial charge in [0, 0.05) is 36.8 Å². The average molecular weight is 386 g/mol. The zero-order chi connectivity index (χ0) is 20.5. The summed E-state index contributed by atoms with van der Waals surface area (Å²) in [6, 6.07) is 16.2. The third-order valence-corrected chi connectivity index (χ3v) is 5.70. The van der Waals surface area contributed by atoms with Crippen molar-refractivity contribution >= 4 is 22.5 Å². The number of aryl methyl sites for hydroxylation is 3. The Balaban J connectivity index is 1.54.